The highest BCUT2D eigenvalue weighted by atomic mass is 32.1. The maximum atomic E-state index is 14.7. The number of nitrogens with two attached hydrogens (primary N) is 1. The number of nitrogens with one attached hydrogen (secondary N) is 9. The summed E-state index contributed by atoms with van der Waals surface area (Å²) in [5, 5.41) is 53.7. The van der Waals surface area contributed by atoms with E-state index < -0.39 is 108 Å². The number of aromatic hydroxyl groups is 1. The Hall–Kier alpha value is -7.34. The Balaban J connectivity index is 1.39. The maximum Gasteiger partial charge on any atom is 0.328 e. The second-order valence-corrected chi connectivity index (χ2v) is 19.8. The van der Waals surface area contributed by atoms with Gasteiger partial charge in [0, 0.05) is 47.1 Å². The van der Waals surface area contributed by atoms with Crippen LogP contribution in [-0.2, 0) is 51.2 Å². The van der Waals surface area contributed by atoms with Crippen molar-refractivity contribution in [2.24, 2.45) is 11.7 Å². The molecule has 0 aliphatic carbocycles. The van der Waals surface area contributed by atoms with E-state index in [2.05, 4.69) is 72.8 Å². The van der Waals surface area contributed by atoms with Crippen molar-refractivity contribution in [3.05, 3.63) is 108 Å². The first-order valence-electron chi connectivity index (χ1n) is 25.3. The van der Waals surface area contributed by atoms with Crippen molar-refractivity contribution < 1.29 is 53.7 Å². The molecule has 21 nitrogen and oxygen atoms in total. The molecule has 5 rings (SSSR count). The van der Waals surface area contributed by atoms with E-state index >= 15 is 0 Å². The first kappa shape index (κ1) is 60.5. The zero-order chi connectivity index (χ0) is 56.3. The number of rotatable bonds is 29. The number of unbranched alkanes of at least 4 members (excludes halogenated alkanes) is 1. The lowest BCUT2D eigenvalue weighted by atomic mass is 10.00. The number of aromatic amines is 1. The molecule has 5 aromatic rings. The molecule has 0 fully saturated rings. The molecule has 7 amide bonds. The highest BCUT2D eigenvalue weighted by molar-refractivity contribution is 7.80. The molecule has 4 aromatic carbocycles. The number of H-pyrrole nitrogens is 1. The number of aliphatic carboxylic acids is 1. The molecule has 0 saturated carbocycles. The number of hydrogen-bond acceptors (Lipinski definition) is 14. The lowest BCUT2D eigenvalue weighted by Crippen LogP contribution is -2.61. The smallest absolute Gasteiger partial charge is 0.328 e. The van der Waals surface area contributed by atoms with E-state index in [0.29, 0.717) is 29.7 Å². The summed E-state index contributed by atoms with van der Waals surface area (Å²) in [6.45, 7) is 6.33. The Labute approximate surface area is 457 Å². The molecular formula is C54H70N10O11S2. The summed E-state index contributed by atoms with van der Waals surface area (Å²) in [5.74, 6) is -8.02. The van der Waals surface area contributed by atoms with Crippen molar-refractivity contribution >= 4 is 99.9 Å². The number of carbonyl (C=O) groups excluding carboxylic acids is 7. The zero-order valence-electron chi connectivity index (χ0n) is 43.2. The SMILES string of the molecule is CC(C)[C@H](NC(=O)[C@H](CCCCN)NC(=O)[C@H](Cc1c[nH]c2ccccc12)NC(=O)[C@H](Cc1ccc(O)cc1)NC(=O)[C@H](CS)NC(=O)[C@H](C)Nc1ccc2ccccc2c1)C(=O)N[C@@H](CS)C(=O)N[C@H](C(=O)O)[C@@H](C)O. The molecule has 0 saturated heterocycles. The molecule has 0 radical (unpaired) electrons. The number of amides is 7. The number of aromatic nitrogens is 1. The van der Waals surface area contributed by atoms with E-state index in [-0.39, 0.29) is 43.1 Å². The number of carboxylic acid groups (broad SMARTS) is 1. The van der Waals surface area contributed by atoms with E-state index in [1.54, 1.807) is 45.2 Å². The Morgan fingerprint density at radius 2 is 1.12 bits per heavy atom. The molecule has 0 unspecified atom stereocenters. The predicted molar refractivity (Wildman–Crippen MR) is 299 cm³/mol. The van der Waals surface area contributed by atoms with Crippen LogP contribution >= 0.6 is 25.3 Å². The van der Waals surface area contributed by atoms with Gasteiger partial charge in [0.2, 0.25) is 41.4 Å². The molecule has 414 valence electrons. The third kappa shape index (κ3) is 17.6. The van der Waals surface area contributed by atoms with E-state index in [0.717, 1.165) is 21.7 Å². The van der Waals surface area contributed by atoms with E-state index in [1.807, 2.05) is 60.7 Å². The summed E-state index contributed by atoms with van der Waals surface area (Å²) in [6, 6.07) is 16.2. The van der Waals surface area contributed by atoms with Crippen molar-refractivity contribution in [1.82, 2.24) is 42.2 Å². The van der Waals surface area contributed by atoms with Gasteiger partial charge in [0.1, 0.15) is 48.0 Å². The van der Waals surface area contributed by atoms with Crippen LogP contribution in [0.1, 0.15) is 58.1 Å². The monoisotopic (exact) mass is 1100 g/mol. The third-order valence-corrected chi connectivity index (χ3v) is 13.5. The number of hydrogen-bond donors (Lipinski definition) is 15. The summed E-state index contributed by atoms with van der Waals surface area (Å²) < 4.78 is 0. The molecule has 0 aliphatic heterocycles. The van der Waals surface area contributed by atoms with Gasteiger partial charge >= 0.3 is 5.97 Å². The summed E-state index contributed by atoms with van der Waals surface area (Å²) >= 11 is 8.52. The molecule has 1 heterocycles. The summed E-state index contributed by atoms with van der Waals surface area (Å²) in [5.41, 5.74) is 8.37. The van der Waals surface area contributed by atoms with Gasteiger partial charge in [-0.2, -0.15) is 25.3 Å². The molecule has 14 N–H and O–H groups in total. The number of para-hydroxylation sites is 1. The van der Waals surface area contributed by atoms with Crippen molar-refractivity contribution in [1.29, 1.82) is 0 Å². The Morgan fingerprint density at radius 3 is 1.73 bits per heavy atom. The highest BCUT2D eigenvalue weighted by Gasteiger charge is 2.36. The lowest BCUT2D eigenvalue weighted by molar-refractivity contribution is -0.145. The molecular weight excluding hydrogens is 1030 g/mol. The number of phenolic OH excluding ortho intramolecular Hbond substituents is 1. The number of carbonyl (C=O) groups is 8. The van der Waals surface area contributed by atoms with Gasteiger partial charge in [0.05, 0.1) is 6.10 Å². The van der Waals surface area contributed by atoms with Crippen LogP contribution in [0.2, 0.25) is 0 Å². The summed E-state index contributed by atoms with van der Waals surface area (Å²) in [4.78, 5) is 113. The number of anilines is 1. The van der Waals surface area contributed by atoms with Crippen LogP contribution in [0.5, 0.6) is 5.75 Å². The fraction of sp³-hybridized carbons (Fsp3) is 0.407. The molecule has 1 aromatic heterocycles. The van der Waals surface area contributed by atoms with Crippen molar-refractivity contribution in [3.63, 3.8) is 0 Å². The number of aliphatic hydroxyl groups excluding tert-OH is 1. The molecule has 9 atom stereocenters. The molecule has 0 aliphatic rings. The topological polar surface area (TPSA) is 335 Å². The van der Waals surface area contributed by atoms with E-state index in [4.69, 9.17) is 5.73 Å². The largest absolute Gasteiger partial charge is 0.508 e. The zero-order valence-corrected chi connectivity index (χ0v) is 45.0. The number of aliphatic hydroxyl groups is 1. The number of thiol groups is 2. The third-order valence-electron chi connectivity index (χ3n) is 12.8. The molecule has 77 heavy (non-hydrogen) atoms. The van der Waals surface area contributed by atoms with Gasteiger partial charge < -0.3 is 68.6 Å². The predicted octanol–water partition coefficient (Wildman–Crippen LogP) is 1.82. The normalized spacial score (nSPS) is 14.8. The van der Waals surface area contributed by atoms with E-state index in [1.165, 1.54) is 19.1 Å². The van der Waals surface area contributed by atoms with Crippen LogP contribution in [0.25, 0.3) is 21.7 Å². The Kier molecular flexibility index (Phi) is 23.0. The Morgan fingerprint density at radius 1 is 0.584 bits per heavy atom. The van der Waals surface area contributed by atoms with Gasteiger partial charge in [-0.05, 0) is 97.8 Å². The van der Waals surface area contributed by atoms with Crippen molar-refractivity contribution in [3.8, 4) is 5.75 Å². The van der Waals surface area contributed by atoms with Crippen LogP contribution in [0, 0.1) is 5.92 Å². The highest BCUT2D eigenvalue weighted by Crippen LogP contribution is 2.22. The Bertz CT molecular complexity index is 2850. The van der Waals surface area contributed by atoms with Crippen molar-refractivity contribution in [2.45, 2.75) is 114 Å². The minimum absolute atomic E-state index is 0.0410. The van der Waals surface area contributed by atoms with Gasteiger partial charge in [-0.3, -0.25) is 33.6 Å². The number of carboxylic acids is 1. The number of phenols is 1. The van der Waals surface area contributed by atoms with Crippen LogP contribution in [-0.4, -0.2) is 140 Å². The van der Waals surface area contributed by atoms with Crippen LogP contribution in [0.3, 0.4) is 0 Å². The van der Waals surface area contributed by atoms with Crippen LogP contribution in [0.4, 0.5) is 5.69 Å². The van der Waals surface area contributed by atoms with Crippen LogP contribution in [0.15, 0.2) is 97.2 Å². The minimum Gasteiger partial charge on any atom is -0.508 e. The molecule has 0 bridgehead atoms. The average Bonchev–Trinajstić information content (AvgIpc) is 3.82. The van der Waals surface area contributed by atoms with Gasteiger partial charge in [0.25, 0.3) is 0 Å². The second kappa shape index (κ2) is 29.3. The van der Waals surface area contributed by atoms with Gasteiger partial charge in [-0.25, -0.2) is 4.79 Å². The molecule has 23 heteroatoms. The quantitative estimate of drug-likeness (QED) is 0.0240. The summed E-state index contributed by atoms with van der Waals surface area (Å²) in [7, 11) is 0. The first-order chi connectivity index (χ1) is 36.7. The maximum absolute atomic E-state index is 14.7. The fourth-order valence-electron chi connectivity index (χ4n) is 8.36. The van der Waals surface area contributed by atoms with Crippen LogP contribution < -0.4 is 48.3 Å². The van der Waals surface area contributed by atoms with Crippen molar-refractivity contribution in [2.75, 3.05) is 23.4 Å². The van der Waals surface area contributed by atoms with Gasteiger partial charge in [-0.15, -0.1) is 0 Å². The first-order valence-corrected chi connectivity index (χ1v) is 26.5. The number of fused-ring (bicyclic) bond motifs is 2. The number of benzene rings is 4. The standard InChI is InChI=1S/C54H70N10O11S2/c1-29(2)45(53(73)62-44(28-77)52(72)64-46(31(4)65)54(74)75)63-48(68)40(15-9-10-22-55)58-50(70)42(25-35-26-56-39-14-8-7-13-38(35)39)60-49(69)41(23-32-16-20-37(66)21-17-32)59-51(71)43(27-76)61-47(67)30(3)57-36-19-18-33-11-5-6-12-34(33)24-36/h5-8,11-14,16-21,24,26,29-31,40-46,56-57,65-66,76-77H,9-10,15,22-23,25,27-28,55H2,1-4H3,(H,58,70)(H,59,71)(H,60,69)(H,61,67)(H,62,73)(H,63,68)(H,64,72)(H,74,75)/t30-,31+,40-,41-,42-,43-,44-,45-,46-/m0/s1. The lowest BCUT2D eigenvalue weighted by Gasteiger charge is -2.29. The second-order valence-electron chi connectivity index (χ2n) is 19.1. The summed E-state index contributed by atoms with van der Waals surface area (Å²) in [6.07, 6.45) is 0.817. The van der Waals surface area contributed by atoms with Gasteiger partial charge in [-0.1, -0.05) is 74.5 Å². The average molecular weight is 1100 g/mol. The van der Waals surface area contributed by atoms with E-state index in [9.17, 15) is 53.7 Å². The van der Waals surface area contributed by atoms with Gasteiger partial charge in [0.15, 0.2) is 6.04 Å². The fourth-order valence-corrected chi connectivity index (χ4v) is 8.87. The molecule has 0 spiro atoms. The minimum atomic E-state index is -1.68.